The molecular formula is C13H18N4O. The third-order valence-corrected chi connectivity index (χ3v) is 2.61. The number of hydrogen-bond donors (Lipinski definition) is 2. The number of nitrogens with zero attached hydrogens (tertiary/aromatic N) is 3. The van der Waals surface area contributed by atoms with Gasteiger partial charge in [0.1, 0.15) is 0 Å². The SMILES string of the molecule is Cc1cc(C)nc(-n2cccc2CNCCO)n1. The topological polar surface area (TPSA) is 63.0 Å². The van der Waals surface area contributed by atoms with Crippen LogP contribution in [0.15, 0.2) is 24.4 Å². The second-order valence-electron chi connectivity index (χ2n) is 4.22. The van der Waals surface area contributed by atoms with Gasteiger partial charge >= 0.3 is 0 Å². The van der Waals surface area contributed by atoms with E-state index in [1.54, 1.807) is 0 Å². The molecular weight excluding hydrogens is 228 g/mol. The van der Waals surface area contributed by atoms with Crippen molar-refractivity contribution in [3.63, 3.8) is 0 Å². The Bertz CT molecular complexity index is 501. The molecule has 2 rings (SSSR count). The molecule has 0 unspecified atom stereocenters. The summed E-state index contributed by atoms with van der Waals surface area (Å²) in [5.41, 5.74) is 2.99. The van der Waals surface area contributed by atoms with Crippen molar-refractivity contribution in [1.82, 2.24) is 19.9 Å². The molecule has 0 saturated carbocycles. The van der Waals surface area contributed by atoms with Gasteiger partial charge in [-0.1, -0.05) is 0 Å². The fourth-order valence-corrected chi connectivity index (χ4v) is 1.87. The molecule has 2 heterocycles. The highest BCUT2D eigenvalue weighted by molar-refractivity contribution is 5.24. The van der Waals surface area contributed by atoms with E-state index in [0.29, 0.717) is 19.0 Å². The molecule has 0 radical (unpaired) electrons. The Kier molecular flexibility index (Phi) is 4.07. The Morgan fingerprint density at radius 2 is 2.00 bits per heavy atom. The van der Waals surface area contributed by atoms with Gasteiger partial charge in [-0.2, -0.15) is 0 Å². The van der Waals surface area contributed by atoms with Crippen LogP contribution in [0.2, 0.25) is 0 Å². The molecule has 0 amide bonds. The summed E-state index contributed by atoms with van der Waals surface area (Å²) in [6, 6.07) is 5.94. The Hall–Kier alpha value is -1.72. The lowest BCUT2D eigenvalue weighted by atomic mass is 10.3. The van der Waals surface area contributed by atoms with Gasteiger partial charge in [-0.25, -0.2) is 9.97 Å². The van der Waals surface area contributed by atoms with E-state index in [2.05, 4.69) is 15.3 Å². The Morgan fingerprint density at radius 1 is 1.28 bits per heavy atom. The summed E-state index contributed by atoms with van der Waals surface area (Å²) in [6.45, 7) is 5.33. The minimum Gasteiger partial charge on any atom is -0.395 e. The molecule has 18 heavy (non-hydrogen) atoms. The van der Waals surface area contributed by atoms with E-state index in [1.807, 2.05) is 42.8 Å². The predicted octanol–water partition coefficient (Wildman–Crippen LogP) is 0.966. The summed E-state index contributed by atoms with van der Waals surface area (Å²) in [6.07, 6.45) is 1.95. The predicted molar refractivity (Wildman–Crippen MR) is 69.6 cm³/mol. The quantitative estimate of drug-likeness (QED) is 0.772. The number of rotatable bonds is 5. The third kappa shape index (κ3) is 2.94. The van der Waals surface area contributed by atoms with Crippen molar-refractivity contribution in [2.45, 2.75) is 20.4 Å². The van der Waals surface area contributed by atoms with Crippen LogP contribution in [0.25, 0.3) is 5.95 Å². The summed E-state index contributed by atoms with van der Waals surface area (Å²) in [7, 11) is 0. The maximum Gasteiger partial charge on any atom is 0.234 e. The maximum atomic E-state index is 8.76. The standard InChI is InChI=1S/C13H18N4O/c1-10-8-11(2)16-13(15-10)17-6-3-4-12(17)9-14-5-7-18/h3-4,6,8,14,18H,5,7,9H2,1-2H3. The summed E-state index contributed by atoms with van der Waals surface area (Å²) < 4.78 is 1.96. The molecule has 0 saturated heterocycles. The van der Waals surface area contributed by atoms with Crippen LogP contribution in [0.1, 0.15) is 17.1 Å². The Balaban J connectivity index is 2.24. The summed E-state index contributed by atoms with van der Waals surface area (Å²) >= 11 is 0. The van der Waals surface area contributed by atoms with Gasteiger partial charge in [0.25, 0.3) is 0 Å². The van der Waals surface area contributed by atoms with Gasteiger partial charge in [-0.3, -0.25) is 4.57 Å². The molecule has 5 heteroatoms. The van der Waals surface area contributed by atoms with Crippen LogP contribution >= 0.6 is 0 Å². The van der Waals surface area contributed by atoms with E-state index >= 15 is 0 Å². The van der Waals surface area contributed by atoms with Gasteiger partial charge < -0.3 is 10.4 Å². The first-order valence-corrected chi connectivity index (χ1v) is 6.01. The smallest absolute Gasteiger partial charge is 0.234 e. The first kappa shape index (κ1) is 12.7. The van der Waals surface area contributed by atoms with E-state index < -0.39 is 0 Å². The fourth-order valence-electron chi connectivity index (χ4n) is 1.87. The zero-order valence-corrected chi connectivity index (χ0v) is 10.7. The van der Waals surface area contributed by atoms with Gasteiger partial charge in [0.15, 0.2) is 0 Å². The molecule has 0 bridgehead atoms. The molecule has 0 aromatic carbocycles. The van der Waals surface area contributed by atoms with Crippen molar-refractivity contribution >= 4 is 0 Å². The lowest BCUT2D eigenvalue weighted by Gasteiger charge is -2.09. The van der Waals surface area contributed by atoms with Crippen molar-refractivity contribution in [3.8, 4) is 5.95 Å². The number of aliphatic hydroxyl groups is 1. The summed E-state index contributed by atoms with van der Waals surface area (Å²) in [5.74, 6) is 0.693. The molecule has 0 fully saturated rings. The van der Waals surface area contributed by atoms with Crippen molar-refractivity contribution < 1.29 is 5.11 Å². The molecule has 96 valence electrons. The Labute approximate surface area is 107 Å². The minimum absolute atomic E-state index is 0.140. The average molecular weight is 246 g/mol. The molecule has 0 atom stereocenters. The number of aliphatic hydroxyl groups excluding tert-OH is 1. The second-order valence-corrected chi connectivity index (χ2v) is 4.22. The fraction of sp³-hybridized carbons (Fsp3) is 0.385. The monoisotopic (exact) mass is 246 g/mol. The average Bonchev–Trinajstić information content (AvgIpc) is 2.76. The Morgan fingerprint density at radius 3 is 2.67 bits per heavy atom. The minimum atomic E-state index is 0.140. The number of nitrogens with one attached hydrogen (secondary N) is 1. The first-order chi connectivity index (χ1) is 8.70. The number of aryl methyl sites for hydroxylation is 2. The van der Waals surface area contributed by atoms with Crippen molar-refractivity contribution in [1.29, 1.82) is 0 Å². The summed E-state index contributed by atoms with van der Waals surface area (Å²) in [4.78, 5) is 8.88. The van der Waals surface area contributed by atoms with Crippen LogP contribution in [0.5, 0.6) is 0 Å². The molecule has 0 spiro atoms. The van der Waals surface area contributed by atoms with Crippen LogP contribution in [0, 0.1) is 13.8 Å². The van der Waals surface area contributed by atoms with Crippen LogP contribution < -0.4 is 5.32 Å². The highest BCUT2D eigenvalue weighted by Gasteiger charge is 2.06. The molecule has 0 aliphatic heterocycles. The number of aromatic nitrogens is 3. The van der Waals surface area contributed by atoms with E-state index in [-0.39, 0.29) is 6.61 Å². The normalized spacial score (nSPS) is 10.8. The summed E-state index contributed by atoms with van der Waals surface area (Å²) in [5, 5.41) is 11.9. The largest absolute Gasteiger partial charge is 0.395 e. The highest BCUT2D eigenvalue weighted by Crippen LogP contribution is 2.10. The molecule has 2 N–H and O–H groups in total. The molecule has 5 nitrogen and oxygen atoms in total. The third-order valence-electron chi connectivity index (χ3n) is 2.61. The molecule has 0 aliphatic carbocycles. The van der Waals surface area contributed by atoms with Crippen molar-refractivity contribution in [2.75, 3.05) is 13.2 Å². The van der Waals surface area contributed by atoms with Crippen LogP contribution in [-0.4, -0.2) is 32.8 Å². The van der Waals surface area contributed by atoms with Crippen LogP contribution in [-0.2, 0) is 6.54 Å². The molecule has 2 aromatic heterocycles. The first-order valence-electron chi connectivity index (χ1n) is 6.01. The van der Waals surface area contributed by atoms with E-state index in [4.69, 9.17) is 5.11 Å². The van der Waals surface area contributed by atoms with Crippen molar-refractivity contribution in [3.05, 3.63) is 41.5 Å². The second kappa shape index (κ2) is 5.75. The van der Waals surface area contributed by atoms with E-state index in [0.717, 1.165) is 17.1 Å². The lowest BCUT2D eigenvalue weighted by Crippen LogP contribution is -2.19. The van der Waals surface area contributed by atoms with E-state index in [9.17, 15) is 0 Å². The van der Waals surface area contributed by atoms with Crippen LogP contribution in [0.3, 0.4) is 0 Å². The lowest BCUT2D eigenvalue weighted by molar-refractivity contribution is 0.291. The zero-order valence-electron chi connectivity index (χ0n) is 10.7. The van der Waals surface area contributed by atoms with Gasteiger partial charge in [0, 0.05) is 36.4 Å². The van der Waals surface area contributed by atoms with Gasteiger partial charge in [-0.05, 0) is 32.0 Å². The molecule has 0 aliphatic rings. The highest BCUT2D eigenvalue weighted by atomic mass is 16.3. The van der Waals surface area contributed by atoms with Gasteiger partial charge in [0.05, 0.1) is 6.61 Å². The maximum absolute atomic E-state index is 8.76. The van der Waals surface area contributed by atoms with Crippen LogP contribution in [0.4, 0.5) is 0 Å². The van der Waals surface area contributed by atoms with Crippen molar-refractivity contribution in [2.24, 2.45) is 0 Å². The zero-order chi connectivity index (χ0) is 13.0. The van der Waals surface area contributed by atoms with Gasteiger partial charge in [0.2, 0.25) is 5.95 Å². The molecule has 2 aromatic rings. The van der Waals surface area contributed by atoms with Gasteiger partial charge in [-0.15, -0.1) is 0 Å². The number of hydrogen-bond acceptors (Lipinski definition) is 4. The van der Waals surface area contributed by atoms with E-state index in [1.165, 1.54) is 0 Å².